The number of esters is 1. The molecule has 3 heterocycles. The molecule has 1 saturated carbocycles. The lowest BCUT2D eigenvalue weighted by atomic mass is 9.74. The fraction of sp³-hybridized carbons (Fsp3) is 0.667. The third-order valence-corrected chi connectivity index (χ3v) is 8.94. The molecule has 1 saturated heterocycles. The Hall–Kier alpha value is -3.22. The first-order valence-electron chi connectivity index (χ1n) is 13.7. The SMILES string of the molecule is COC(=O)Cn1nnnc1C1CCN([C@@H]2CC[C@@](C(=O)N3COc4ccc(C(F)(F)F)cc4C3)(C(C)C)C2)CC1. The number of methoxy groups -OCH3 is 1. The van der Waals surface area contributed by atoms with Crippen LogP contribution in [0.4, 0.5) is 13.2 Å². The van der Waals surface area contributed by atoms with Crippen LogP contribution in [0.2, 0.25) is 0 Å². The van der Waals surface area contributed by atoms with Crippen molar-refractivity contribution in [3.8, 4) is 5.75 Å². The average molecular weight is 565 g/mol. The van der Waals surface area contributed by atoms with Crippen molar-refractivity contribution in [1.82, 2.24) is 30.0 Å². The highest BCUT2D eigenvalue weighted by Crippen LogP contribution is 2.49. The predicted octanol–water partition coefficient (Wildman–Crippen LogP) is 3.62. The molecular formula is C27H35F3N6O4. The zero-order chi connectivity index (χ0) is 28.7. The van der Waals surface area contributed by atoms with E-state index in [9.17, 15) is 22.8 Å². The van der Waals surface area contributed by atoms with Crippen molar-refractivity contribution in [1.29, 1.82) is 0 Å². The second-order valence-electron chi connectivity index (χ2n) is 11.4. The number of tetrazole rings is 1. The van der Waals surface area contributed by atoms with Crippen molar-refractivity contribution in [2.45, 2.75) is 77.2 Å². The van der Waals surface area contributed by atoms with Crippen LogP contribution in [0.25, 0.3) is 0 Å². The smallest absolute Gasteiger partial charge is 0.416 e. The van der Waals surface area contributed by atoms with Crippen molar-refractivity contribution in [3.63, 3.8) is 0 Å². The molecule has 2 fully saturated rings. The minimum absolute atomic E-state index is 0.0249. The molecular weight excluding hydrogens is 529 g/mol. The van der Waals surface area contributed by atoms with Gasteiger partial charge in [0.25, 0.3) is 0 Å². The van der Waals surface area contributed by atoms with E-state index in [1.54, 1.807) is 4.90 Å². The van der Waals surface area contributed by atoms with Gasteiger partial charge in [-0.15, -0.1) is 5.10 Å². The number of amides is 1. The maximum Gasteiger partial charge on any atom is 0.416 e. The van der Waals surface area contributed by atoms with Crippen LogP contribution in [-0.2, 0) is 33.6 Å². The minimum atomic E-state index is -4.46. The van der Waals surface area contributed by atoms with Crippen LogP contribution in [0.1, 0.15) is 68.8 Å². The maximum atomic E-state index is 14.0. The topological polar surface area (TPSA) is 103 Å². The molecule has 0 bridgehead atoms. The van der Waals surface area contributed by atoms with Crippen LogP contribution in [0.15, 0.2) is 18.2 Å². The van der Waals surface area contributed by atoms with Gasteiger partial charge in [0.05, 0.1) is 24.6 Å². The zero-order valence-corrected chi connectivity index (χ0v) is 23.0. The first kappa shape index (κ1) is 28.3. The molecule has 3 aliphatic rings. The number of hydrogen-bond donors (Lipinski definition) is 0. The van der Waals surface area contributed by atoms with Gasteiger partial charge in [-0.2, -0.15) is 13.2 Å². The largest absolute Gasteiger partial charge is 0.473 e. The van der Waals surface area contributed by atoms with E-state index < -0.39 is 23.1 Å². The van der Waals surface area contributed by atoms with Crippen molar-refractivity contribution in [2.24, 2.45) is 11.3 Å². The van der Waals surface area contributed by atoms with Gasteiger partial charge < -0.3 is 19.3 Å². The molecule has 5 rings (SSSR count). The number of ether oxygens (including phenoxy) is 2. The zero-order valence-electron chi connectivity index (χ0n) is 23.0. The Morgan fingerprint density at radius 1 is 1.20 bits per heavy atom. The fourth-order valence-corrected chi connectivity index (χ4v) is 6.52. The van der Waals surface area contributed by atoms with Crippen molar-refractivity contribution < 1.29 is 32.2 Å². The summed E-state index contributed by atoms with van der Waals surface area (Å²) in [6.45, 7) is 5.85. The number of piperidine rings is 1. The van der Waals surface area contributed by atoms with E-state index in [2.05, 4.69) is 20.4 Å². The summed E-state index contributed by atoms with van der Waals surface area (Å²) in [5, 5.41) is 11.8. The normalized spacial score (nSPS) is 24.2. The van der Waals surface area contributed by atoms with Crippen LogP contribution in [0.5, 0.6) is 5.75 Å². The van der Waals surface area contributed by atoms with E-state index in [0.29, 0.717) is 23.6 Å². The molecule has 2 aromatic rings. The quantitative estimate of drug-likeness (QED) is 0.491. The molecule has 1 aliphatic carbocycles. The van der Waals surface area contributed by atoms with Crippen molar-refractivity contribution >= 4 is 11.9 Å². The van der Waals surface area contributed by atoms with E-state index in [1.807, 2.05) is 13.8 Å². The predicted molar refractivity (Wildman–Crippen MR) is 136 cm³/mol. The lowest BCUT2D eigenvalue weighted by Crippen LogP contribution is -2.49. The molecule has 0 spiro atoms. The number of carbonyl (C=O) groups excluding carboxylic acids is 2. The first-order chi connectivity index (χ1) is 19.0. The molecule has 1 aromatic heterocycles. The van der Waals surface area contributed by atoms with Gasteiger partial charge in [0.15, 0.2) is 12.6 Å². The van der Waals surface area contributed by atoms with E-state index in [4.69, 9.17) is 9.47 Å². The highest BCUT2D eigenvalue weighted by Gasteiger charge is 2.51. The summed E-state index contributed by atoms with van der Waals surface area (Å²) >= 11 is 0. The van der Waals surface area contributed by atoms with Crippen LogP contribution in [0, 0.1) is 11.3 Å². The Bertz CT molecular complexity index is 1240. The van der Waals surface area contributed by atoms with Crippen molar-refractivity contribution in [2.75, 3.05) is 26.9 Å². The summed E-state index contributed by atoms with van der Waals surface area (Å²) < 4.78 is 51.8. The highest BCUT2D eigenvalue weighted by atomic mass is 19.4. The molecule has 0 radical (unpaired) electrons. The summed E-state index contributed by atoms with van der Waals surface area (Å²) in [4.78, 5) is 29.7. The minimum Gasteiger partial charge on any atom is -0.473 e. The second kappa shape index (κ2) is 11.0. The monoisotopic (exact) mass is 564 g/mol. The van der Waals surface area contributed by atoms with Crippen LogP contribution in [0.3, 0.4) is 0 Å². The number of benzene rings is 1. The average Bonchev–Trinajstić information content (AvgIpc) is 3.60. The summed E-state index contributed by atoms with van der Waals surface area (Å²) in [6.07, 6.45) is -0.506. The van der Waals surface area contributed by atoms with Gasteiger partial charge in [-0.25, -0.2) is 4.68 Å². The van der Waals surface area contributed by atoms with E-state index in [-0.39, 0.29) is 43.6 Å². The highest BCUT2D eigenvalue weighted by molar-refractivity contribution is 5.83. The summed E-state index contributed by atoms with van der Waals surface area (Å²) in [6, 6.07) is 3.66. The Kier molecular flexibility index (Phi) is 7.77. The van der Waals surface area contributed by atoms with Crippen LogP contribution < -0.4 is 4.74 Å². The van der Waals surface area contributed by atoms with Gasteiger partial charge in [-0.05, 0) is 79.7 Å². The number of alkyl halides is 3. The van der Waals surface area contributed by atoms with Crippen LogP contribution in [-0.4, -0.2) is 74.9 Å². The summed E-state index contributed by atoms with van der Waals surface area (Å²) in [5.41, 5.74) is -0.972. The maximum absolute atomic E-state index is 14.0. The molecule has 10 nitrogen and oxygen atoms in total. The van der Waals surface area contributed by atoms with Crippen molar-refractivity contribution in [3.05, 3.63) is 35.2 Å². The lowest BCUT2D eigenvalue weighted by Gasteiger charge is -2.41. The van der Waals surface area contributed by atoms with Gasteiger partial charge in [0.1, 0.15) is 12.3 Å². The Labute approximate surface area is 230 Å². The molecule has 13 heteroatoms. The third-order valence-electron chi connectivity index (χ3n) is 8.94. The lowest BCUT2D eigenvalue weighted by molar-refractivity contribution is -0.150. The number of fused-ring (bicyclic) bond motifs is 1. The molecule has 2 atom stereocenters. The number of nitrogens with zero attached hydrogens (tertiary/aromatic N) is 6. The van der Waals surface area contributed by atoms with Crippen LogP contribution >= 0.6 is 0 Å². The van der Waals surface area contributed by atoms with Gasteiger partial charge in [0.2, 0.25) is 5.91 Å². The molecule has 0 unspecified atom stereocenters. The van der Waals surface area contributed by atoms with Gasteiger partial charge in [-0.3, -0.25) is 9.59 Å². The summed E-state index contributed by atoms with van der Waals surface area (Å²) in [5.74, 6) is 0.803. The molecule has 1 amide bonds. The second-order valence-corrected chi connectivity index (χ2v) is 11.4. The first-order valence-corrected chi connectivity index (χ1v) is 13.7. The van der Waals surface area contributed by atoms with E-state index >= 15 is 0 Å². The molecule has 218 valence electrons. The van der Waals surface area contributed by atoms with Gasteiger partial charge in [0, 0.05) is 17.5 Å². The van der Waals surface area contributed by atoms with E-state index in [1.165, 1.54) is 17.9 Å². The third kappa shape index (κ3) is 5.39. The Morgan fingerprint density at radius 3 is 2.62 bits per heavy atom. The Morgan fingerprint density at radius 2 is 1.95 bits per heavy atom. The standard InChI is InChI=1S/C27H35F3N6O4/c1-17(2)26(25(38)35-14-19-12-20(27(28,29)30)4-5-22(19)40-16-35)9-6-21(13-26)34-10-7-18(8-11-34)24-31-32-33-36(24)15-23(37)39-3/h4-5,12,17-18,21H,6-11,13-16H2,1-3H3/t21-,26+/m1/s1. The summed E-state index contributed by atoms with van der Waals surface area (Å²) in [7, 11) is 1.33. The number of hydrogen-bond acceptors (Lipinski definition) is 8. The fourth-order valence-electron chi connectivity index (χ4n) is 6.52. The number of rotatable bonds is 6. The molecule has 0 N–H and O–H groups in total. The molecule has 40 heavy (non-hydrogen) atoms. The molecule has 1 aromatic carbocycles. The number of halogens is 3. The Balaban J connectivity index is 1.24. The van der Waals surface area contributed by atoms with Gasteiger partial charge in [-0.1, -0.05) is 13.8 Å². The number of likely N-dealkylation sites (tertiary alicyclic amines) is 1. The molecule has 2 aliphatic heterocycles. The number of aromatic nitrogens is 4. The number of carbonyl (C=O) groups is 2. The van der Waals surface area contributed by atoms with Gasteiger partial charge >= 0.3 is 12.1 Å². The van der Waals surface area contributed by atoms with E-state index in [0.717, 1.165) is 50.9 Å².